The second-order valence-corrected chi connectivity index (χ2v) is 2.49. The first-order valence-corrected chi connectivity index (χ1v) is 3.76. The van der Waals surface area contributed by atoms with Crippen molar-refractivity contribution in [3.8, 4) is 11.5 Å². The Morgan fingerprint density at radius 1 is 1.38 bits per heavy atom. The van der Waals surface area contributed by atoms with E-state index in [9.17, 15) is 9.90 Å². The van der Waals surface area contributed by atoms with Crippen LogP contribution in [0.15, 0.2) is 18.2 Å². The summed E-state index contributed by atoms with van der Waals surface area (Å²) in [6.45, 7) is 0.158. The lowest BCUT2D eigenvalue weighted by molar-refractivity contribution is -0.112. The fourth-order valence-electron chi connectivity index (χ4n) is 0.891. The summed E-state index contributed by atoms with van der Waals surface area (Å²) in [6.07, 6.45) is 0.636. The van der Waals surface area contributed by atoms with Crippen molar-refractivity contribution in [2.24, 2.45) is 0 Å². The van der Waals surface area contributed by atoms with Gasteiger partial charge in [-0.3, -0.25) is 0 Å². The molecule has 0 fully saturated rings. The molecular formula is C9H10O4. The van der Waals surface area contributed by atoms with Crippen LogP contribution in [0.1, 0.15) is 5.56 Å². The van der Waals surface area contributed by atoms with E-state index in [0.717, 1.165) is 0 Å². The number of aromatic hydroxyl groups is 2. The fourth-order valence-corrected chi connectivity index (χ4v) is 0.891. The Labute approximate surface area is 75.4 Å². The predicted octanol–water partition coefficient (Wildman–Crippen LogP) is 0.813. The highest BCUT2D eigenvalue weighted by atomic mass is 16.5. The van der Waals surface area contributed by atoms with Crippen molar-refractivity contribution in [2.75, 3.05) is 6.61 Å². The second kappa shape index (κ2) is 4.47. The number of aldehydes is 1. The molecule has 0 heterocycles. The molecule has 0 bridgehead atoms. The average Bonchev–Trinajstić information content (AvgIpc) is 2.09. The van der Waals surface area contributed by atoms with E-state index in [4.69, 9.17) is 9.84 Å². The van der Waals surface area contributed by atoms with Crippen LogP contribution in [0.5, 0.6) is 11.5 Å². The number of hydrogen-bond donors (Lipinski definition) is 2. The van der Waals surface area contributed by atoms with Crippen molar-refractivity contribution in [2.45, 2.75) is 6.61 Å². The number of carbonyl (C=O) groups is 1. The molecule has 70 valence electrons. The van der Waals surface area contributed by atoms with E-state index >= 15 is 0 Å². The highest BCUT2D eigenvalue weighted by Crippen LogP contribution is 2.22. The van der Waals surface area contributed by atoms with Crippen molar-refractivity contribution in [1.29, 1.82) is 0 Å². The number of ether oxygens (including phenoxy) is 1. The average molecular weight is 182 g/mol. The molecule has 0 aromatic heterocycles. The highest BCUT2D eigenvalue weighted by molar-refractivity contribution is 5.50. The number of phenols is 2. The predicted molar refractivity (Wildman–Crippen MR) is 45.5 cm³/mol. The molecule has 1 aromatic rings. The summed E-state index contributed by atoms with van der Waals surface area (Å²) in [5.41, 5.74) is 0.541. The van der Waals surface area contributed by atoms with Gasteiger partial charge in [0.05, 0.1) is 6.61 Å². The van der Waals surface area contributed by atoms with Crippen molar-refractivity contribution >= 4 is 6.29 Å². The van der Waals surface area contributed by atoms with Gasteiger partial charge < -0.3 is 19.7 Å². The van der Waals surface area contributed by atoms with E-state index in [1.807, 2.05) is 0 Å². The van der Waals surface area contributed by atoms with Gasteiger partial charge in [0, 0.05) is 11.6 Å². The maximum Gasteiger partial charge on any atom is 0.145 e. The van der Waals surface area contributed by atoms with E-state index in [1.54, 1.807) is 0 Å². The zero-order chi connectivity index (χ0) is 9.68. The standard InChI is InChI=1S/C9H10O4/c10-3-4-13-6-7-1-2-8(11)5-9(7)12/h1-3,5,11-12H,4,6H2. The van der Waals surface area contributed by atoms with Gasteiger partial charge in [0.15, 0.2) is 0 Å². The van der Waals surface area contributed by atoms with Gasteiger partial charge in [0.25, 0.3) is 0 Å². The van der Waals surface area contributed by atoms with Crippen molar-refractivity contribution in [3.63, 3.8) is 0 Å². The number of benzene rings is 1. The molecule has 0 aliphatic rings. The van der Waals surface area contributed by atoms with Gasteiger partial charge in [-0.2, -0.15) is 0 Å². The lowest BCUT2D eigenvalue weighted by Gasteiger charge is -2.03. The van der Waals surface area contributed by atoms with Gasteiger partial charge in [-0.1, -0.05) is 0 Å². The summed E-state index contributed by atoms with van der Waals surface area (Å²) >= 11 is 0. The second-order valence-electron chi connectivity index (χ2n) is 2.49. The summed E-state index contributed by atoms with van der Waals surface area (Å²) in [4.78, 5) is 9.91. The Morgan fingerprint density at radius 3 is 2.77 bits per heavy atom. The zero-order valence-electron chi connectivity index (χ0n) is 6.93. The monoisotopic (exact) mass is 182 g/mol. The molecule has 13 heavy (non-hydrogen) atoms. The minimum Gasteiger partial charge on any atom is -0.508 e. The molecule has 0 unspecified atom stereocenters. The number of hydrogen-bond acceptors (Lipinski definition) is 4. The number of carbonyl (C=O) groups excluding carboxylic acids is 1. The summed E-state index contributed by atoms with van der Waals surface area (Å²) in [5.74, 6) is -0.0393. The Kier molecular flexibility index (Phi) is 3.28. The SMILES string of the molecule is O=CCOCc1ccc(O)cc1O. The minimum absolute atomic E-state index is 0.000314. The Balaban J connectivity index is 2.61. The van der Waals surface area contributed by atoms with E-state index in [-0.39, 0.29) is 24.7 Å². The van der Waals surface area contributed by atoms with Crippen LogP contribution in [-0.2, 0) is 16.1 Å². The third-order valence-corrected chi connectivity index (χ3v) is 1.51. The van der Waals surface area contributed by atoms with Crippen LogP contribution in [0, 0.1) is 0 Å². The van der Waals surface area contributed by atoms with E-state index < -0.39 is 0 Å². The molecule has 4 nitrogen and oxygen atoms in total. The molecule has 0 spiro atoms. The third-order valence-electron chi connectivity index (χ3n) is 1.51. The number of phenolic OH excluding ortho intramolecular Hbond substituents is 2. The zero-order valence-corrected chi connectivity index (χ0v) is 6.93. The Bertz CT molecular complexity index is 296. The molecule has 0 saturated carbocycles. The first kappa shape index (κ1) is 9.54. The molecular weight excluding hydrogens is 172 g/mol. The maximum absolute atomic E-state index is 9.91. The first-order chi connectivity index (χ1) is 6.24. The summed E-state index contributed by atoms with van der Waals surface area (Å²) in [7, 11) is 0. The summed E-state index contributed by atoms with van der Waals surface area (Å²) in [6, 6.07) is 4.20. The summed E-state index contributed by atoms with van der Waals surface area (Å²) in [5, 5.41) is 18.2. The molecule has 0 amide bonds. The Morgan fingerprint density at radius 2 is 2.15 bits per heavy atom. The van der Waals surface area contributed by atoms with Crippen LogP contribution in [0.2, 0.25) is 0 Å². The van der Waals surface area contributed by atoms with E-state index in [0.29, 0.717) is 11.8 Å². The van der Waals surface area contributed by atoms with Crippen LogP contribution in [0.25, 0.3) is 0 Å². The van der Waals surface area contributed by atoms with E-state index in [1.165, 1.54) is 18.2 Å². The minimum atomic E-state index is -0.0362. The van der Waals surface area contributed by atoms with Crippen LogP contribution in [-0.4, -0.2) is 23.1 Å². The molecule has 1 rings (SSSR count). The van der Waals surface area contributed by atoms with Crippen LogP contribution < -0.4 is 0 Å². The van der Waals surface area contributed by atoms with Gasteiger partial charge in [-0.15, -0.1) is 0 Å². The lowest BCUT2D eigenvalue weighted by atomic mass is 10.2. The van der Waals surface area contributed by atoms with Gasteiger partial charge in [0.1, 0.15) is 24.4 Å². The van der Waals surface area contributed by atoms with Crippen LogP contribution in [0.3, 0.4) is 0 Å². The molecule has 0 aliphatic carbocycles. The normalized spacial score (nSPS) is 9.85. The maximum atomic E-state index is 9.91. The smallest absolute Gasteiger partial charge is 0.145 e. The van der Waals surface area contributed by atoms with Crippen molar-refractivity contribution in [3.05, 3.63) is 23.8 Å². The summed E-state index contributed by atoms with van der Waals surface area (Å²) < 4.78 is 4.88. The van der Waals surface area contributed by atoms with Gasteiger partial charge >= 0.3 is 0 Å². The van der Waals surface area contributed by atoms with E-state index in [2.05, 4.69) is 0 Å². The van der Waals surface area contributed by atoms with Crippen molar-refractivity contribution in [1.82, 2.24) is 0 Å². The molecule has 4 heteroatoms. The van der Waals surface area contributed by atoms with Crippen LogP contribution in [0.4, 0.5) is 0 Å². The largest absolute Gasteiger partial charge is 0.508 e. The lowest BCUT2D eigenvalue weighted by Crippen LogP contribution is -1.95. The third kappa shape index (κ3) is 2.76. The number of rotatable bonds is 4. The molecule has 0 radical (unpaired) electrons. The topological polar surface area (TPSA) is 66.8 Å². The van der Waals surface area contributed by atoms with Crippen molar-refractivity contribution < 1.29 is 19.7 Å². The van der Waals surface area contributed by atoms with Crippen LogP contribution >= 0.6 is 0 Å². The Hall–Kier alpha value is -1.55. The van der Waals surface area contributed by atoms with Gasteiger partial charge in [0.2, 0.25) is 0 Å². The quantitative estimate of drug-likeness (QED) is 0.534. The van der Waals surface area contributed by atoms with Gasteiger partial charge in [-0.25, -0.2) is 0 Å². The molecule has 2 N–H and O–H groups in total. The molecule has 0 saturated heterocycles. The van der Waals surface area contributed by atoms with Gasteiger partial charge in [-0.05, 0) is 12.1 Å². The highest BCUT2D eigenvalue weighted by Gasteiger charge is 2.01. The molecule has 0 aliphatic heterocycles. The molecule has 1 aromatic carbocycles. The first-order valence-electron chi connectivity index (χ1n) is 3.76. The molecule has 0 atom stereocenters. The fraction of sp³-hybridized carbons (Fsp3) is 0.222.